The summed E-state index contributed by atoms with van der Waals surface area (Å²) in [7, 11) is 0. The fourth-order valence-electron chi connectivity index (χ4n) is 0.744. The fraction of sp³-hybridized carbons (Fsp3) is 0.500. The topological polar surface area (TPSA) is 76.7 Å². The number of nitrogen functional groups attached to an aromatic ring is 1. The smallest absolute Gasteiger partial charge is 0.227 e. The van der Waals surface area contributed by atoms with Gasteiger partial charge in [-0.15, -0.1) is 0 Å². The van der Waals surface area contributed by atoms with E-state index in [1.807, 2.05) is 6.92 Å². The van der Waals surface area contributed by atoms with Crippen LogP contribution in [-0.2, 0) is 0 Å². The highest BCUT2D eigenvalue weighted by Crippen LogP contribution is 2.26. The Balaban J connectivity index is 2.96. The number of rotatable bonds is 3. The van der Waals surface area contributed by atoms with Crippen LogP contribution in [0.5, 0.6) is 0 Å². The van der Waals surface area contributed by atoms with Crippen molar-refractivity contribution < 1.29 is 0 Å². The van der Waals surface area contributed by atoms with Gasteiger partial charge in [0, 0.05) is 6.54 Å². The SMILES string of the molecule is CCNc1nc(N)nc(C(Br)Br)n1. The van der Waals surface area contributed by atoms with Crippen molar-refractivity contribution in [1.29, 1.82) is 0 Å². The molecule has 0 saturated carbocycles. The maximum atomic E-state index is 5.48. The average molecular weight is 311 g/mol. The third-order valence-corrected chi connectivity index (χ3v) is 2.02. The summed E-state index contributed by atoms with van der Waals surface area (Å²) in [6.07, 6.45) is 0. The van der Waals surface area contributed by atoms with E-state index in [-0.39, 0.29) is 9.68 Å². The van der Waals surface area contributed by atoms with E-state index in [1.54, 1.807) is 0 Å². The van der Waals surface area contributed by atoms with Crippen LogP contribution in [-0.4, -0.2) is 21.5 Å². The van der Waals surface area contributed by atoms with E-state index < -0.39 is 0 Å². The van der Waals surface area contributed by atoms with Gasteiger partial charge in [0.25, 0.3) is 0 Å². The summed E-state index contributed by atoms with van der Waals surface area (Å²) >= 11 is 6.56. The molecule has 0 fully saturated rings. The number of nitrogens with zero attached hydrogens (tertiary/aromatic N) is 3. The van der Waals surface area contributed by atoms with Gasteiger partial charge in [-0.1, -0.05) is 31.9 Å². The van der Waals surface area contributed by atoms with Gasteiger partial charge in [-0.3, -0.25) is 0 Å². The van der Waals surface area contributed by atoms with Gasteiger partial charge in [-0.05, 0) is 6.92 Å². The van der Waals surface area contributed by atoms with Crippen LogP contribution >= 0.6 is 31.9 Å². The van der Waals surface area contributed by atoms with E-state index in [4.69, 9.17) is 5.73 Å². The molecule has 0 bridgehead atoms. The van der Waals surface area contributed by atoms with E-state index in [2.05, 4.69) is 52.1 Å². The highest BCUT2D eigenvalue weighted by molar-refractivity contribution is 9.24. The molecule has 5 nitrogen and oxygen atoms in total. The van der Waals surface area contributed by atoms with Crippen LogP contribution in [0.25, 0.3) is 0 Å². The van der Waals surface area contributed by atoms with Crippen LogP contribution in [0, 0.1) is 0 Å². The Hall–Kier alpha value is -0.430. The molecule has 0 saturated heterocycles. The van der Waals surface area contributed by atoms with Gasteiger partial charge in [0.15, 0.2) is 5.82 Å². The van der Waals surface area contributed by atoms with Gasteiger partial charge in [0.2, 0.25) is 11.9 Å². The lowest BCUT2D eigenvalue weighted by atomic mass is 10.6. The lowest BCUT2D eigenvalue weighted by molar-refractivity contribution is 0.964. The zero-order valence-corrected chi connectivity index (χ0v) is 10.1. The maximum absolute atomic E-state index is 5.48. The molecule has 7 heteroatoms. The van der Waals surface area contributed by atoms with Crippen molar-refractivity contribution in [3.63, 3.8) is 0 Å². The zero-order valence-electron chi connectivity index (χ0n) is 6.96. The predicted molar refractivity (Wildman–Crippen MR) is 59.0 cm³/mol. The molecule has 0 aliphatic heterocycles. The predicted octanol–water partition coefficient (Wildman–Crippen LogP) is 1.67. The Bertz CT molecular complexity index is 290. The average Bonchev–Trinajstić information content (AvgIpc) is 2.03. The molecule has 3 N–H and O–H groups in total. The van der Waals surface area contributed by atoms with Gasteiger partial charge in [-0.25, -0.2) is 0 Å². The standard InChI is InChI=1S/C6H9Br2N5/c1-2-10-6-12-4(3(7)8)11-5(9)13-6/h3H,2H2,1H3,(H3,9,10,11,12,13). The zero-order chi connectivity index (χ0) is 9.84. The molecule has 0 radical (unpaired) electrons. The number of halogens is 2. The Morgan fingerprint density at radius 2 is 2.08 bits per heavy atom. The molecule has 0 spiro atoms. The summed E-state index contributed by atoms with van der Waals surface area (Å²) in [6.45, 7) is 2.71. The molecule has 1 aromatic heterocycles. The number of aromatic nitrogens is 3. The molecule has 72 valence electrons. The molecular formula is C6H9Br2N5. The molecule has 0 aliphatic rings. The van der Waals surface area contributed by atoms with E-state index >= 15 is 0 Å². The Morgan fingerprint density at radius 1 is 1.38 bits per heavy atom. The maximum Gasteiger partial charge on any atom is 0.227 e. The minimum Gasteiger partial charge on any atom is -0.368 e. The number of hydrogen-bond acceptors (Lipinski definition) is 5. The van der Waals surface area contributed by atoms with E-state index in [9.17, 15) is 0 Å². The van der Waals surface area contributed by atoms with Gasteiger partial charge in [0.05, 0.1) is 0 Å². The van der Waals surface area contributed by atoms with E-state index in [0.717, 1.165) is 6.54 Å². The van der Waals surface area contributed by atoms with Crippen molar-refractivity contribution >= 4 is 43.8 Å². The summed E-state index contributed by atoms with van der Waals surface area (Å²) < 4.78 is -0.109. The van der Waals surface area contributed by atoms with Crippen LogP contribution in [0.2, 0.25) is 0 Å². The molecular weight excluding hydrogens is 302 g/mol. The first-order valence-electron chi connectivity index (χ1n) is 3.67. The highest BCUT2D eigenvalue weighted by atomic mass is 79.9. The number of nitrogens with two attached hydrogens (primary N) is 1. The lowest BCUT2D eigenvalue weighted by Crippen LogP contribution is -2.08. The molecule has 13 heavy (non-hydrogen) atoms. The highest BCUT2D eigenvalue weighted by Gasteiger charge is 2.09. The summed E-state index contributed by atoms with van der Waals surface area (Å²) in [5.74, 6) is 1.27. The summed E-state index contributed by atoms with van der Waals surface area (Å²) in [5.41, 5.74) is 5.48. The fourth-order valence-corrected chi connectivity index (χ4v) is 1.15. The second-order valence-electron chi connectivity index (χ2n) is 2.21. The largest absolute Gasteiger partial charge is 0.368 e. The van der Waals surface area contributed by atoms with Crippen LogP contribution in [0.4, 0.5) is 11.9 Å². The number of nitrogens with one attached hydrogen (secondary N) is 1. The van der Waals surface area contributed by atoms with Crippen molar-refractivity contribution in [2.24, 2.45) is 0 Å². The Labute approximate surface area is 92.8 Å². The van der Waals surface area contributed by atoms with Crippen molar-refractivity contribution in [3.05, 3.63) is 5.82 Å². The minimum absolute atomic E-state index is 0.109. The Morgan fingerprint density at radius 3 is 2.62 bits per heavy atom. The van der Waals surface area contributed by atoms with Crippen LogP contribution < -0.4 is 11.1 Å². The third-order valence-electron chi connectivity index (χ3n) is 1.20. The molecule has 1 heterocycles. The lowest BCUT2D eigenvalue weighted by Gasteiger charge is -2.05. The number of alkyl halides is 2. The molecule has 0 atom stereocenters. The summed E-state index contributed by atoms with van der Waals surface area (Å²) in [4.78, 5) is 12.0. The van der Waals surface area contributed by atoms with Crippen molar-refractivity contribution in [3.8, 4) is 0 Å². The molecule has 1 rings (SSSR count). The molecule has 0 amide bonds. The van der Waals surface area contributed by atoms with E-state index in [0.29, 0.717) is 11.8 Å². The van der Waals surface area contributed by atoms with E-state index in [1.165, 1.54) is 0 Å². The molecule has 0 aromatic carbocycles. The second-order valence-corrected chi connectivity index (χ2v) is 5.27. The van der Waals surface area contributed by atoms with Crippen LogP contribution in [0.15, 0.2) is 0 Å². The van der Waals surface area contributed by atoms with Crippen molar-refractivity contribution in [2.75, 3.05) is 17.6 Å². The van der Waals surface area contributed by atoms with Gasteiger partial charge in [-0.2, -0.15) is 15.0 Å². The molecule has 1 aromatic rings. The third kappa shape index (κ3) is 3.07. The molecule has 0 unspecified atom stereocenters. The number of hydrogen-bond donors (Lipinski definition) is 2. The monoisotopic (exact) mass is 309 g/mol. The van der Waals surface area contributed by atoms with Gasteiger partial charge < -0.3 is 11.1 Å². The van der Waals surface area contributed by atoms with Crippen molar-refractivity contribution in [1.82, 2.24) is 15.0 Å². The van der Waals surface area contributed by atoms with Gasteiger partial charge >= 0.3 is 0 Å². The van der Waals surface area contributed by atoms with Gasteiger partial charge in [0.1, 0.15) is 3.74 Å². The van der Waals surface area contributed by atoms with Crippen LogP contribution in [0.3, 0.4) is 0 Å². The van der Waals surface area contributed by atoms with Crippen molar-refractivity contribution in [2.45, 2.75) is 10.7 Å². The first-order valence-corrected chi connectivity index (χ1v) is 5.50. The first-order chi connectivity index (χ1) is 6.13. The normalized spacial score (nSPS) is 10.5. The second kappa shape index (κ2) is 4.71. The quantitative estimate of drug-likeness (QED) is 0.831. The Kier molecular flexibility index (Phi) is 3.86. The molecule has 0 aliphatic carbocycles. The number of anilines is 2. The van der Waals surface area contributed by atoms with Crippen LogP contribution in [0.1, 0.15) is 16.5 Å². The summed E-state index contributed by atoms with van der Waals surface area (Å²) in [5, 5.41) is 2.96. The minimum atomic E-state index is -0.109. The summed E-state index contributed by atoms with van der Waals surface area (Å²) in [6, 6.07) is 0. The first kappa shape index (κ1) is 10.6.